The van der Waals surface area contributed by atoms with Crippen LogP contribution in [-0.2, 0) is 11.2 Å². The van der Waals surface area contributed by atoms with Crippen LogP contribution < -0.4 is 10.1 Å². The second kappa shape index (κ2) is 7.54. The summed E-state index contributed by atoms with van der Waals surface area (Å²) in [4.78, 5) is 11.6. The van der Waals surface area contributed by atoms with Gasteiger partial charge in [-0.25, -0.2) is 4.79 Å². The Balaban J connectivity index is 2.60. The Labute approximate surface area is 132 Å². The molecule has 1 aromatic carbocycles. The van der Waals surface area contributed by atoms with E-state index in [1.54, 1.807) is 20.8 Å². The van der Waals surface area contributed by atoms with E-state index in [-0.39, 0.29) is 18.8 Å². The number of carbonyl (C=O) groups is 1. The van der Waals surface area contributed by atoms with Crippen LogP contribution >= 0.6 is 0 Å². The fourth-order valence-corrected chi connectivity index (χ4v) is 1.75. The molecule has 1 amide bonds. The molecule has 2 N–H and O–H groups in total. The van der Waals surface area contributed by atoms with Gasteiger partial charge in [-0.3, -0.25) is 0 Å². The van der Waals surface area contributed by atoms with Gasteiger partial charge in [-0.2, -0.15) is 0 Å². The van der Waals surface area contributed by atoms with Crippen LogP contribution in [0.25, 0.3) is 0 Å². The molecule has 0 spiro atoms. The highest BCUT2D eigenvalue weighted by molar-refractivity contribution is 5.68. The summed E-state index contributed by atoms with van der Waals surface area (Å²) >= 11 is 0. The van der Waals surface area contributed by atoms with Gasteiger partial charge < -0.3 is 19.9 Å². The molecule has 1 rings (SSSR count). The molecule has 0 unspecified atom stereocenters. The second-order valence-corrected chi connectivity index (χ2v) is 5.92. The van der Waals surface area contributed by atoms with Crippen LogP contribution in [0.2, 0.25) is 0 Å². The molecule has 0 saturated heterocycles. The Morgan fingerprint density at radius 1 is 1.22 bits per heavy atom. The van der Waals surface area contributed by atoms with Gasteiger partial charge in [0.05, 0.1) is 12.6 Å². The molecule has 8 heteroatoms. The molecule has 0 aliphatic carbocycles. The number of aliphatic hydroxyl groups excluding tert-OH is 1. The first-order valence-corrected chi connectivity index (χ1v) is 6.93. The lowest BCUT2D eigenvalue weighted by atomic mass is 10.1. The molecule has 1 aromatic rings. The third-order valence-corrected chi connectivity index (χ3v) is 2.58. The summed E-state index contributed by atoms with van der Waals surface area (Å²) in [6.07, 6.45) is -5.18. The lowest BCUT2D eigenvalue weighted by molar-refractivity contribution is -0.274. The molecule has 0 aromatic heterocycles. The minimum atomic E-state index is -4.74. The molecular formula is C15H20F3NO4. The van der Waals surface area contributed by atoms with Gasteiger partial charge in [0.15, 0.2) is 0 Å². The summed E-state index contributed by atoms with van der Waals surface area (Å²) < 4.78 is 45.0. The van der Waals surface area contributed by atoms with Gasteiger partial charge in [-0.15, -0.1) is 13.2 Å². The Morgan fingerprint density at radius 3 is 2.22 bits per heavy atom. The number of alkyl halides is 3. The molecular weight excluding hydrogens is 315 g/mol. The molecule has 23 heavy (non-hydrogen) atoms. The number of halogens is 3. The van der Waals surface area contributed by atoms with Crippen molar-refractivity contribution in [3.63, 3.8) is 0 Å². The number of alkyl carbamates (subject to hydrolysis) is 1. The van der Waals surface area contributed by atoms with Crippen molar-refractivity contribution in [2.75, 3.05) is 6.61 Å². The summed E-state index contributed by atoms with van der Waals surface area (Å²) in [5, 5.41) is 11.8. The average molecular weight is 335 g/mol. The zero-order valence-electron chi connectivity index (χ0n) is 13.1. The van der Waals surface area contributed by atoms with Gasteiger partial charge in [-0.1, -0.05) is 12.1 Å². The van der Waals surface area contributed by atoms with Gasteiger partial charge >= 0.3 is 12.5 Å². The van der Waals surface area contributed by atoms with E-state index in [0.29, 0.717) is 5.56 Å². The van der Waals surface area contributed by atoms with E-state index in [9.17, 15) is 23.1 Å². The first-order valence-electron chi connectivity index (χ1n) is 6.93. The molecule has 1 atom stereocenters. The van der Waals surface area contributed by atoms with Gasteiger partial charge in [0.1, 0.15) is 11.4 Å². The number of carbonyl (C=O) groups excluding carboxylic acids is 1. The van der Waals surface area contributed by atoms with E-state index in [4.69, 9.17) is 4.74 Å². The lowest BCUT2D eigenvalue weighted by Gasteiger charge is -2.22. The number of rotatable bonds is 5. The first kappa shape index (κ1) is 19.1. The predicted octanol–water partition coefficient (Wildman–Crippen LogP) is 3.01. The van der Waals surface area contributed by atoms with E-state index < -0.39 is 24.1 Å². The Morgan fingerprint density at radius 2 is 1.78 bits per heavy atom. The molecule has 0 aliphatic rings. The zero-order valence-corrected chi connectivity index (χ0v) is 13.1. The molecule has 130 valence electrons. The first-order chi connectivity index (χ1) is 10.5. The van der Waals surface area contributed by atoms with Crippen LogP contribution in [0.15, 0.2) is 24.3 Å². The molecule has 0 aliphatic heterocycles. The number of amides is 1. The monoisotopic (exact) mass is 335 g/mol. The molecule has 0 heterocycles. The average Bonchev–Trinajstić information content (AvgIpc) is 2.36. The highest BCUT2D eigenvalue weighted by atomic mass is 19.4. The maximum Gasteiger partial charge on any atom is 0.573 e. The van der Waals surface area contributed by atoms with Crippen LogP contribution in [0.3, 0.4) is 0 Å². The summed E-state index contributed by atoms with van der Waals surface area (Å²) in [5.74, 6) is -0.332. The van der Waals surface area contributed by atoms with Crippen molar-refractivity contribution >= 4 is 6.09 Å². The highest BCUT2D eigenvalue weighted by Crippen LogP contribution is 2.23. The molecule has 0 radical (unpaired) electrons. The summed E-state index contributed by atoms with van der Waals surface area (Å²) in [5.41, 5.74) is -0.0321. The molecule has 0 bridgehead atoms. The number of ether oxygens (including phenoxy) is 2. The van der Waals surface area contributed by atoms with Gasteiger partial charge in [0.25, 0.3) is 0 Å². The standard InChI is InChI=1S/C15H20F3NO4/c1-14(2,3)23-13(21)19-11(9-20)8-10-4-6-12(7-5-10)22-15(16,17)18/h4-7,11,20H,8-9H2,1-3H3,(H,19,21)/t11-/m0/s1. The quantitative estimate of drug-likeness (QED) is 0.868. The number of benzene rings is 1. The predicted molar refractivity (Wildman–Crippen MR) is 77.1 cm³/mol. The van der Waals surface area contributed by atoms with Gasteiger partial charge in [0.2, 0.25) is 0 Å². The van der Waals surface area contributed by atoms with Gasteiger partial charge in [-0.05, 0) is 44.9 Å². The van der Waals surface area contributed by atoms with Crippen LogP contribution in [0, 0.1) is 0 Å². The second-order valence-electron chi connectivity index (χ2n) is 5.92. The summed E-state index contributed by atoms with van der Waals surface area (Å²) in [7, 11) is 0. The fraction of sp³-hybridized carbons (Fsp3) is 0.533. The maximum absolute atomic E-state index is 12.1. The fourth-order valence-electron chi connectivity index (χ4n) is 1.75. The highest BCUT2D eigenvalue weighted by Gasteiger charge is 2.31. The van der Waals surface area contributed by atoms with Crippen LogP contribution in [-0.4, -0.2) is 35.8 Å². The van der Waals surface area contributed by atoms with Crippen LogP contribution in [0.4, 0.5) is 18.0 Å². The van der Waals surface area contributed by atoms with Crippen molar-refractivity contribution in [3.8, 4) is 5.75 Å². The van der Waals surface area contributed by atoms with Crippen molar-refractivity contribution < 1.29 is 32.5 Å². The Kier molecular flexibility index (Phi) is 6.26. The third kappa shape index (κ3) is 8.29. The zero-order chi connectivity index (χ0) is 17.7. The van der Waals surface area contributed by atoms with E-state index in [2.05, 4.69) is 10.1 Å². The van der Waals surface area contributed by atoms with E-state index >= 15 is 0 Å². The number of aliphatic hydroxyl groups is 1. The topological polar surface area (TPSA) is 67.8 Å². The minimum Gasteiger partial charge on any atom is -0.444 e. The van der Waals surface area contributed by atoms with Crippen LogP contribution in [0.1, 0.15) is 26.3 Å². The van der Waals surface area contributed by atoms with Crippen molar-refractivity contribution in [1.82, 2.24) is 5.32 Å². The largest absolute Gasteiger partial charge is 0.573 e. The normalized spacial score (nSPS) is 13.3. The number of nitrogens with one attached hydrogen (secondary N) is 1. The molecule has 0 saturated carbocycles. The number of hydrogen-bond acceptors (Lipinski definition) is 4. The lowest BCUT2D eigenvalue weighted by Crippen LogP contribution is -2.42. The summed E-state index contributed by atoms with van der Waals surface area (Å²) in [6.45, 7) is 4.79. The van der Waals surface area contributed by atoms with Crippen molar-refractivity contribution in [2.24, 2.45) is 0 Å². The summed E-state index contributed by atoms with van der Waals surface area (Å²) in [6, 6.07) is 4.59. The van der Waals surface area contributed by atoms with E-state index in [1.807, 2.05) is 0 Å². The van der Waals surface area contributed by atoms with Gasteiger partial charge in [0, 0.05) is 0 Å². The van der Waals surface area contributed by atoms with Crippen molar-refractivity contribution in [2.45, 2.75) is 45.2 Å². The molecule has 0 fully saturated rings. The maximum atomic E-state index is 12.1. The third-order valence-electron chi connectivity index (χ3n) is 2.58. The number of hydrogen-bond donors (Lipinski definition) is 2. The van der Waals surface area contributed by atoms with Crippen molar-refractivity contribution in [3.05, 3.63) is 29.8 Å². The smallest absolute Gasteiger partial charge is 0.444 e. The Bertz CT molecular complexity index is 509. The van der Waals surface area contributed by atoms with E-state index in [0.717, 1.165) is 0 Å². The van der Waals surface area contributed by atoms with E-state index in [1.165, 1.54) is 24.3 Å². The SMILES string of the molecule is CC(C)(C)OC(=O)N[C@H](CO)Cc1ccc(OC(F)(F)F)cc1. The Hall–Kier alpha value is -1.96. The minimum absolute atomic E-state index is 0.238. The molecule has 5 nitrogen and oxygen atoms in total. The van der Waals surface area contributed by atoms with Crippen LogP contribution in [0.5, 0.6) is 5.75 Å². The van der Waals surface area contributed by atoms with Crippen molar-refractivity contribution in [1.29, 1.82) is 0 Å².